The van der Waals surface area contributed by atoms with Crippen LogP contribution < -0.4 is 10.6 Å². The van der Waals surface area contributed by atoms with Crippen LogP contribution in [0.2, 0.25) is 5.02 Å². The van der Waals surface area contributed by atoms with Crippen LogP contribution in [-0.4, -0.2) is 21.6 Å². The molecule has 1 aromatic carbocycles. The summed E-state index contributed by atoms with van der Waals surface area (Å²) in [5, 5.41) is 12.5. The van der Waals surface area contributed by atoms with Crippen LogP contribution in [0.1, 0.15) is 16.1 Å². The van der Waals surface area contributed by atoms with Gasteiger partial charge in [0.1, 0.15) is 5.82 Å². The first-order valence-corrected chi connectivity index (χ1v) is 10.6. The van der Waals surface area contributed by atoms with E-state index in [1.807, 2.05) is 29.6 Å². The van der Waals surface area contributed by atoms with Crippen molar-refractivity contribution in [1.82, 2.24) is 15.1 Å². The van der Waals surface area contributed by atoms with E-state index in [1.165, 1.54) is 11.3 Å². The molecule has 0 bridgehead atoms. The van der Waals surface area contributed by atoms with Gasteiger partial charge in [0.15, 0.2) is 0 Å². The molecule has 0 unspecified atom stereocenters. The Morgan fingerprint density at radius 2 is 1.96 bits per heavy atom. The third kappa shape index (κ3) is 3.87. The van der Waals surface area contributed by atoms with Crippen LogP contribution >= 0.6 is 34.7 Å². The van der Waals surface area contributed by atoms with Crippen molar-refractivity contribution in [3.8, 4) is 5.69 Å². The van der Waals surface area contributed by atoms with Gasteiger partial charge in [-0.2, -0.15) is 16.9 Å². The normalized spacial score (nSPS) is 12.6. The molecule has 0 aliphatic carbocycles. The molecule has 1 aliphatic rings. The van der Waals surface area contributed by atoms with Crippen molar-refractivity contribution in [2.45, 2.75) is 18.1 Å². The number of hydrogen-bond donors (Lipinski definition) is 2. The molecule has 9 heteroatoms. The number of nitrogens with zero attached hydrogens (tertiary/aromatic N) is 2. The Bertz CT molecular complexity index is 984. The third-order valence-electron chi connectivity index (χ3n) is 4.06. The summed E-state index contributed by atoms with van der Waals surface area (Å²) < 4.78 is 1.66. The zero-order valence-electron chi connectivity index (χ0n) is 14.1. The summed E-state index contributed by atoms with van der Waals surface area (Å²) in [7, 11) is 0. The summed E-state index contributed by atoms with van der Waals surface area (Å²) in [5.74, 6) is 0.681. The number of thioether (sulfide) groups is 1. The summed E-state index contributed by atoms with van der Waals surface area (Å²) in [4.78, 5) is 25.6. The lowest BCUT2D eigenvalue weighted by Gasteiger charge is -2.11. The number of thiophene rings is 1. The smallest absolute Gasteiger partial charge is 0.314 e. The van der Waals surface area contributed by atoms with E-state index in [1.54, 1.807) is 28.6 Å². The Labute approximate surface area is 168 Å². The Kier molecular flexibility index (Phi) is 5.20. The van der Waals surface area contributed by atoms with Crippen LogP contribution in [-0.2, 0) is 27.6 Å². The average molecular weight is 419 g/mol. The molecule has 1 aliphatic heterocycles. The first kappa shape index (κ1) is 18.1. The van der Waals surface area contributed by atoms with Gasteiger partial charge in [0, 0.05) is 27.0 Å². The molecule has 2 aromatic heterocycles. The quantitative estimate of drug-likeness (QED) is 0.635. The number of carbonyl (C=O) groups is 2. The van der Waals surface area contributed by atoms with E-state index in [4.69, 9.17) is 11.6 Å². The van der Waals surface area contributed by atoms with Gasteiger partial charge in [-0.15, -0.1) is 11.3 Å². The van der Waals surface area contributed by atoms with Gasteiger partial charge in [-0.1, -0.05) is 17.7 Å². The van der Waals surface area contributed by atoms with Crippen LogP contribution in [0.5, 0.6) is 0 Å². The fourth-order valence-corrected chi connectivity index (χ4v) is 4.54. The van der Waals surface area contributed by atoms with Gasteiger partial charge in [-0.05, 0) is 35.7 Å². The Morgan fingerprint density at radius 3 is 2.70 bits per heavy atom. The van der Waals surface area contributed by atoms with Crippen LogP contribution in [0.3, 0.4) is 0 Å². The lowest BCUT2D eigenvalue weighted by atomic mass is 10.2. The van der Waals surface area contributed by atoms with Crippen molar-refractivity contribution in [3.63, 3.8) is 0 Å². The second-order valence-corrected chi connectivity index (χ2v) is 8.33. The molecule has 3 aromatic rings. The maximum absolute atomic E-state index is 12.4. The number of benzene rings is 1. The highest BCUT2D eigenvalue weighted by atomic mass is 35.5. The van der Waals surface area contributed by atoms with Crippen molar-refractivity contribution >= 4 is 52.3 Å². The minimum atomic E-state index is -0.707. The fourth-order valence-electron chi connectivity index (χ4n) is 2.74. The van der Waals surface area contributed by atoms with E-state index in [0.717, 1.165) is 33.3 Å². The predicted molar refractivity (Wildman–Crippen MR) is 108 cm³/mol. The predicted octanol–water partition coefficient (Wildman–Crippen LogP) is 3.59. The van der Waals surface area contributed by atoms with Crippen molar-refractivity contribution in [1.29, 1.82) is 0 Å². The van der Waals surface area contributed by atoms with Crippen LogP contribution in [0, 0.1) is 0 Å². The maximum Gasteiger partial charge on any atom is 0.314 e. The minimum absolute atomic E-state index is 0.328. The SMILES string of the molecule is O=C(NCc1cccs1)C(=O)Nc1c2c(nn1-c1ccc(Cl)cc1)CSC2. The molecule has 0 saturated carbocycles. The minimum Gasteiger partial charge on any atom is -0.343 e. The zero-order valence-corrected chi connectivity index (χ0v) is 16.5. The second-order valence-electron chi connectivity index (χ2n) is 5.87. The molecule has 27 heavy (non-hydrogen) atoms. The molecule has 0 radical (unpaired) electrons. The molecule has 0 atom stereocenters. The Hall–Kier alpha value is -2.29. The molecule has 138 valence electrons. The molecule has 2 amide bonds. The summed E-state index contributed by atoms with van der Waals surface area (Å²) in [5.41, 5.74) is 2.65. The number of amides is 2. The monoisotopic (exact) mass is 418 g/mol. The lowest BCUT2D eigenvalue weighted by Crippen LogP contribution is -2.35. The number of aromatic nitrogens is 2. The average Bonchev–Trinajstić information content (AvgIpc) is 3.39. The zero-order chi connectivity index (χ0) is 18.8. The van der Waals surface area contributed by atoms with E-state index in [-0.39, 0.29) is 0 Å². The topological polar surface area (TPSA) is 76.0 Å². The summed E-state index contributed by atoms with van der Waals surface area (Å²) in [6, 6.07) is 11.0. The Morgan fingerprint density at radius 1 is 1.15 bits per heavy atom. The lowest BCUT2D eigenvalue weighted by molar-refractivity contribution is -0.136. The van der Waals surface area contributed by atoms with Crippen molar-refractivity contribution in [2.24, 2.45) is 0 Å². The van der Waals surface area contributed by atoms with Gasteiger partial charge in [-0.3, -0.25) is 9.59 Å². The van der Waals surface area contributed by atoms with Crippen LogP contribution in [0.25, 0.3) is 5.69 Å². The van der Waals surface area contributed by atoms with Crippen molar-refractivity contribution < 1.29 is 9.59 Å². The molecule has 2 N–H and O–H groups in total. The third-order valence-corrected chi connectivity index (χ3v) is 6.16. The molecule has 4 rings (SSSR count). The highest BCUT2D eigenvalue weighted by Crippen LogP contribution is 2.36. The van der Waals surface area contributed by atoms with E-state index in [2.05, 4.69) is 15.7 Å². The number of fused-ring (bicyclic) bond motifs is 1. The van der Waals surface area contributed by atoms with Crippen LogP contribution in [0.15, 0.2) is 41.8 Å². The summed E-state index contributed by atoms with van der Waals surface area (Å²) in [6.07, 6.45) is 0. The molecule has 6 nitrogen and oxygen atoms in total. The summed E-state index contributed by atoms with van der Waals surface area (Å²) in [6.45, 7) is 0.328. The number of halogens is 1. The van der Waals surface area contributed by atoms with Gasteiger partial charge in [0.2, 0.25) is 0 Å². The first-order chi connectivity index (χ1) is 13.1. The molecular weight excluding hydrogens is 404 g/mol. The van der Waals surface area contributed by atoms with Gasteiger partial charge in [0.25, 0.3) is 0 Å². The molecule has 0 saturated heterocycles. The number of hydrogen-bond acceptors (Lipinski definition) is 5. The molecular formula is C18H15ClN4O2S2. The molecule has 0 fully saturated rings. The maximum atomic E-state index is 12.4. The molecule has 3 heterocycles. The van der Waals surface area contributed by atoms with E-state index in [0.29, 0.717) is 17.4 Å². The number of nitrogens with one attached hydrogen (secondary N) is 2. The second kappa shape index (κ2) is 7.75. The molecule has 0 spiro atoms. The number of anilines is 1. The first-order valence-electron chi connectivity index (χ1n) is 8.18. The van der Waals surface area contributed by atoms with Gasteiger partial charge >= 0.3 is 11.8 Å². The van der Waals surface area contributed by atoms with E-state index >= 15 is 0 Å². The summed E-state index contributed by atoms with van der Waals surface area (Å²) >= 11 is 9.21. The highest BCUT2D eigenvalue weighted by Gasteiger charge is 2.26. The highest BCUT2D eigenvalue weighted by molar-refractivity contribution is 7.98. The standard InChI is InChI=1S/C18H15ClN4O2S2/c19-11-3-5-12(6-4-11)23-16(14-9-26-10-15(14)22-23)21-18(25)17(24)20-8-13-2-1-7-27-13/h1-7H,8-10H2,(H,20,24)(H,21,25). The fraction of sp³-hybridized carbons (Fsp3) is 0.167. The van der Waals surface area contributed by atoms with Crippen molar-refractivity contribution in [3.05, 3.63) is 62.9 Å². The number of carbonyl (C=O) groups excluding carboxylic acids is 2. The van der Waals surface area contributed by atoms with Crippen LogP contribution in [0.4, 0.5) is 5.82 Å². The van der Waals surface area contributed by atoms with Gasteiger partial charge < -0.3 is 10.6 Å². The Balaban J connectivity index is 1.54. The van der Waals surface area contributed by atoms with Gasteiger partial charge in [0.05, 0.1) is 17.9 Å². The van der Waals surface area contributed by atoms with E-state index in [9.17, 15) is 9.59 Å². The number of rotatable bonds is 4. The van der Waals surface area contributed by atoms with Crippen molar-refractivity contribution in [2.75, 3.05) is 5.32 Å². The largest absolute Gasteiger partial charge is 0.343 e. The van der Waals surface area contributed by atoms with E-state index < -0.39 is 11.8 Å². The van der Waals surface area contributed by atoms with Gasteiger partial charge in [-0.25, -0.2) is 4.68 Å².